The number of esters is 1. The third kappa shape index (κ3) is 4.67. The van der Waals surface area contributed by atoms with Crippen LogP contribution in [0.5, 0.6) is 11.5 Å². The van der Waals surface area contributed by atoms with E-state index in [2.05, 4.69) is 9.71 Å². The third-order valence-electron chi connectivity index (χ3n) is 4.86. The number of hydrogen-bond acceptors (Lipinski definition) is 8. The van der Waals surface area contributed by atoms with Crippen LogP contribution in [0.15, 0.2) is 58.4 Å². The van der Waals surface area contributed by atoms with Crippen LogP contribution in [0.2, 0.25) is 0 Å². The molecule has 2 aliphatic heterocycles. The van der Waals surface area contributed by atoms with Crippen LogP contribution in [-0.4, -0.2) is 70.5 Å². The van der Waals surface area contributed by atoms with Gasteiger partial charge in [-0.25, -0.2) is 8.42 Å². The summed E-state index contributed by atoms with van der Waals surface area (Å²) < 4.78 is 42.8. The van der Waals surface area contributed by atoms with E-state index in [1.807, 2.05) is 12.1 Å². The lowest BCUT2D eigenvalue weighted by Crippen LogP contribution is -2.43. The van der Waals surface area contributed by atoms with Gasteiger partial charge in [0.1, 0.15) is 19.0 Å². The van der Waals surface area contributed by atoms with Gasteiger partial charge < -0.3 is 19.1 Å². The first-order chi connectivity index (χ1) is 15.3. The summed E-state index contributed by atoms with van der Waals surface area (Å²) in [6.07, 6.45) is -0.351. The Kier molecular flexibility index (Phi) is 5.99. The second kappa shape index (κ2) is 8.87. The number of nitrogens with zero attached hydrogens (tertiary/aromatic N) is 2. The normalized spacial score (nSPS) is 19.0. The van der Waals surface area contributed by atoms with Gasteiger partial charge in [-0.3, -0.25) is 19.3 Å². The van der Waals surface area contributed by atoms with Crippen molar-refractivity contribution in [3.8, 4) is 11.5 Å². The van der Waals surface area contributed by atoms with E-state index in [-0.39, 0.29) is 23.4 Å². The SMILES string of the molecule is CN(CC1COc2ccccc2O1)C(=O)COC(=O)CN=C1NS(=O)(=O)c2ccccc21. The molecule has 0 aliphatic carbocycles. The predicted molar refractivity (Wildman–Crippen MR) is 113 cm³/mol. The molecule has 2 aromatic carbocycles. The van der Waals surface area contributed by atoms with Crippen molar-refractivity contribution in [2.75, 3.05) is 33.4 Å². The fourth-order valence-electron chi connectivity index (χ4n) is 3.25. The Morgan fingerprint density at radius 1 is 1.16 bits per heavy atom. The minimum Gasteiger partial charge on any atom is -0.486 e. The number of aliphatic imine (C=N–C) groups is 1. The number of rotatable bonds is 6. The molecule has 0 radical (unpaired) electrons. The van der Waals surface area contributed by atoms with Crippen LogP contribution in [0.4, 0.5) is 0 Å². The van der Waals surface area contributed by atoms with Gasteiger partial charge in [0, 0.05) is 12.6 Å². The van der Waals surface area contributed by atoms with Crippen molar-refractivity contribution in [1.29, 1.82) is 0 Å². The minimum atomic E-state index is -3.69. The smallest absolute Gasteiger partial charge is 0.328 e. The first kappa shape index (κ1) is 21.6. The van der Waals surface area contributed by atoms with E-state index in [9.17, 15) is 18.0 Å². The van der Waals surface area contributed by atoms with Crippen LogP contribution in [-0.2, 0) is 24.3 Å². The van der Waals surface area contributed by atoms with Gasteiger partial charge in [-0.05, 0) is 24.3 Å². The molecular formula is C21H21N3O7S. The van der Waals surface area contributed by atoms with Crippen molar-refractivity contribution < 1.29 is 32.2 Å². The summed E-state index contributed by atoms with van der Waals surface area (Å²) in [4.78, 5) is 29.8. The fraction of sp³-hybridized carbons (Fsp3) is 0.286. The number of carbonyl (C=O) groups excluding carboxylic acids is 2. The largest absolute Gasteiger partial charge is 0.486 e. The highest BCUT2D eigenvalue weighted by Crippen LogP contribution is 2.31. The van der Waals surface area contributed by atoms with Gasteiger partial charge in [0.25, 0.3) is 15.9 Å². The lowest BCUT2D eigenvalue weighted by atomic mass is 10.2. The number of hydrogen-bond donors (Lipinski definition) is 1. The lowest BCUT2D eigenvalue weighted by molar-refractivity contribution is -0.150. The van der Waals surface area contributed by atoms with Gasteiger partial charge in [0.05, 0.1) is 11.4 Å². The molecule has 1 atom stereocenters. The molecule has 0 saturated carbocycles. The molecule has 168 valence electrons. The van der Waals surface area contributed by atoms with E-state index < -0.39 is 35.1 Å². The number of fused-ring (bicyclic) bond motifs is 2. The van der Waals surface area contributed by atoms with Crippen LogP contribution in [0.25, 0.3) is 0 Å². The molecule has 4 rings (SSSR count). The molecule has 2 heterocycles. The molecule has 1 N–H and O–H groups in total. The quantitative estimate of drug-likeness (QED) is 0.626. The van der Waals surface area contributed by atoms with Crippen molar-refractivity contribution in [1.82, 2.24) is 9.62 Å². The Morgan fingerprint density at radius 2 is 1.88 bits per heavy atom. The number of amidine groups is 1. The predicted octanol–water partition coefficient (Wildman–Crippen LogP) is 0.567. The van der Waals surface area contributed by atoms with Gasteiger partial charge >= 0.3 is 5.97 Å². The Hall–Kier alpha value is -3.60. The highest BCUT2D eigenvalue weighted by molar-refractivity contribution is 7.90. The summed E-state index contributed by atoms with van der Waals surface area (Å²) in [6, 6.07) is 13.6. The molecule has 2 aliphatic rings. The maximum atomic E-state index is 12.3. The van der Waals surface area contributed by atoms with Gasteiger partial charge in [0.15, 0.2) is 24.2 Å². The standard InChI is InChI=1S/C21H21N3O7S/c1-24(11-14-12-29-16-7-3-4-8-17(16)31-14)19(25)13-30-20(26)10-22-21-15-6-2-5-9-18(15)32(27,28)23-21/h2-9,14H,10-13H2,1H3,(H,22,23). The summed E-state index contributed by atoms with van der Waals surface area (Å²) in [6.45, 7) is -0.346. The molecule has 0 bridgehead atoms. The molecule has 1 amide bonds. The van der Waals surface area contributed by atoms with Crippen molar-refractivity contribution in [2.24, 2.45) is 4.99 Å². The molecule has 1 unspecified atom stereocenters. The number of para-hydroxylation sites is 2. The number of carbonyl (C=O) groups is 2. The van der Waals surface area contributed by atoms with Gasteiger partial charge in [0.2, 0.25) is 0 Å². The van der Waals surface area contributed by atoms with E-state index in [4.69, 9.17) is 14.2 Å². The molecule has 2 aromatic rings. The zero-order chi connectivity index (χ0) is 22.7. The first-order valence-electron chi connectivity index (χ1n) is 9.78. The van der Waals surface area contributed by atoms with Crippen LogP contribution in [0.1, 0.15) is 5.56 Å². The molecule has 0 fully saturated rings. The van der Waals surface area contributed by atoms with Crippen LogP contribution >= 0.6 is 0 Å². The molecule has 11 heteroatoms. The summed E-state index contributed by atoms with van der Waals surface area (Å²) in [5.74, 6) is 0.157. The highest BCUT2D eigenvalue weighted by Gasteiger charge is 2.30. The first-order valence-corrected chi connectivity index (χ1v) is 11.3. The summed E-state index contributed by atoms with van der Waals surface area (Å²) in [5.41, 5.74) is 0.382. The topological polar surface area (TPSA) is 124 Å². The number of likely N-dealkylation sites (N-methyl/N-ethyl adjacent to an activating group) is 1. The second-order valence-corrected chi connectivity index (χ2v) is 8.85. The Morgan fingerprint density at radius 3 is 2.69 bits per heavy atom. The number of amides is 1. The number of sulfonamides is 1. The lowest BCUT2D eigenvalue weighted by Gasteiger charge is -2.29. The number of benzene rings is 2. The van der Waals surface area contributed by atoms with Crippen LogP contribution in [0, 0.1) is 0 Å². The molecule has 10 nitrogen and oxygen atoms in total. The van der Waals surface area contributed by atoms with Gasteiger partial charge in [-0.2, -0.15) is 0 Å². The monoisotopic (exact) mass is 459 g/mol. The van der Waals surface area contributed by atoms with E-state index in [0.717, 1.165) is 0 Å². The Balaban J connectivity index is 1.26. The van der Waals surface area contributed by atoms with Crippen LogP contribution < -0.4 is 14.2 Å². The third-order valence-corrected chi connectivity index (χ3v) is 6.25. The average Bonchev–Trinajstić information content (AvgIpc) is 3.06. The molecular weight excluding hydrogens is 438 g/mol. The number of nitrogens with one attached hydrogen (secondary N) is 1. The Labute approximate surface area is 184 Å². The van der Waals surface area contributed by atoms with Crippen molar-refractivity contribution >= 4 is 27.7 Å². The van der Waals surface area contributed by atoms with E-state index in [1.165, 1.54) is 11.0 Å². The van der Waals surface area contributed by atoms with Crippen molar-refractivity contribution in [3.05, 3.63) is 54.1 Å². The van der Waals surface area contributed by atoms with Crippen molar-refractivity contribution in [2.45, 2.75) is 11.0 Å². The Bertz CT molecular complexity index is 1180. The highest BCUT2D eigenvalue weighted by atomic mass is 32.2. The summed E-state index contributed by atoms with van der Waals surface area (Å²) in [5, 5.41) is 0. The molecule has 0 spiro atoms. The zero-order valence-corrected chi connectivity index (χ0v) is 18.0. The minimum absolute atomic E-state index is 0.0655. The van der Waals surface area contributed by atoms with E-state index >= 15 is 0 Å². The molecule has 0 aromatic heterocycles. The van der Waals surface area contributed by atoms with E-state index in [1.54, 1.807) is 37.4 Å². The maximum Gasteiger partial charge on any atom is 0.328 e. The molecule has 0 saturated heterocycles. The van der Waals surface area contributed by atoms with Crippen molar-refractivity contribution in [3.63, 3.8) is 0 Å². The maximum absolute atomic E-state index is 12.3. The van der Waals surface area contributed by atoms with Crippen LogP contribution in [0.3, 0.4) is 0 Å². The second-order valence-electron chi connectivity index (χ2n) is 7.20. The number of ether oxygens (including phenoxy) is 3. The summed E-state index contributed by atoms with van der Waals surface area (Å²) in [7, 11) is -2.11. The van der Waals surface area contributed by atoms with Gasteiger partial charge in [-0.15, -0.1) is 0 Å². The fourth-order valence-corrected chi connectivity index (χ4v) is 4.50. The molecule has 32 heavy (non-hydrogen) atoms. The van der Waals surface area contributed by atoms with E-state index in [0.29, 0.717) is 23.7 Å². The summed E-state index contributed by atoms with van der Waals surface area (Å²) >= 11 is 0. The van der Waals surface area contributed by atoms with Gasteiger partial charge in [-0.1, -0.05) is 24.3 Å². The average molecular weight is 459 g/mol. The zero-order valence-electron chi connectivity index (χ0n) is 17.2.